The quantitative estimate of drug-likeness (QED) is 0.665. The van der Waals surface area contributed by atoms with Crippen molar-refractivity contribution in [3.63, 3.8) is 0 Å². The average Bonchev–Trinajstić information content (AvgIpc) is 2.79. The molecule has 7 heteroatoms. The van der Waals surface area contributed by atoms with Gasteiger partial charge in [0.05, 0.1) is 12.5 Å². The van der Waals surface area contributed by atoms with Crippen LogP contribution in [-0.2, 0) is 5.41 Å². The third kappa shape index (κ3) is 5.38. The molecule has 27 heavy (non-hydrogen) atoms. The summed E-state index contributed by atoms with van der Waals surface area (Å²) in [5, 5.41) is 0. The van der Waals surface area contributed by atoms with Crippen LogP contribution >= 0.6 is 0 Å². The molecule has 0 aromatic heterocycles. The van der Waals surface area contributed by atoms with E-state index < -0.39 is 10.2 Å². The minimum Gasteiger partial charge on any atom is -0.497 e. The summed E-state index contributed by atoms with van der Waals surface area (Å²) in [7, 11) is -1.12. The highest BCUT2D eigenvalue weighted by Gasteiger charge is 2.42. The van der Waals surface area contributed by atoms with E-state index in [1.54, 1.807) is 7.11 Å². The standard InChI is InChI=1S/C20H22NO.ClHO4/c1-20(2)17-7-5-6-8-18(17)21(3)19(20)14-11-15-9-12-16(22-4)13-10-15;2-1(3,4)5/h5-14H,1-4H3;(H,2,3,4,5)/q+1;/p-1. The molecule has 3 rings (SSSR count). The van der Waals surface area contributed by atoms with E-state index in [2.05, 4.69) is 74.0 Å². The van der Waals surface area contributed by atoms with Crippen molar-refractivity contribution in [2.75, 3.05) is 14.2 Å². The molecule has 144 valence electrons. The molecule has 0 fully saturated rings. The first-order valence-corrected chi connectivity index (χ1v) is 9.42. The third-order valence-corrected chi connectivity index (χ3v) is 4.49. The number of ether oxygens (including phenoxy) is 1. The molecule has 0 saturated heterocycles. The van der Waals surface area contributed by atoms with Gasteiger partial charge in [-0.3, -0.25) is 0 Å². The van der Waals surface area contributed by atoms with Crippen molar-refractivity contribution in [2.24, 2.45) is 0 Å². The highest BCUT2D eigenvalue weighted by molar-refractivity contribution is 6.05. The lowest BCUT2D eigenvalue weighted by molar-refractivity contribution is -2.00. The van der Waals surface area contributed by atoms with Gasteiger partial charge >= 0.3 is 0 Å². The van der Waals surface area contributed by atoms with Crippen molar-refractivity contribution >= 4 is 17.5 Å². The smallest absolute Gasteiger partial charge is 0.209 e. The maximum atomic E-state index is 8.49. The summed E-state index contributed by atoms with van der Waals surface area (Å²) >= 11 is 0. The van der Waals surface area contributed by atoms with Crippen LogP contribution in [0.3, 0.4) is 0 Å². The number of methoxy groups -OCH3 is 1. The molecule has 0 aliphatic carbocycles. The predicted molar refractivity (Wildman–Crippen MR) is 92.3 cm³/mol. The number of benzene rings is 2. The molecule has 1 aliphatic rings. The van der Waals surface area contributed by atoms with Gasteiger partial charge in [-0.25, -0.2) is 18.6 Å². The van der Waals surface area contributed by atoms with Gasteiger partial charge < -0.3 is 4.74 Å². The molecule has 0 unspecified atom stereocenters. The van der Waals surface area contributed by atoms with Crippen LogP contribution in [0.25, 0.3) is 6.08 Å². The maximum Gasteiger partial charge on any atom is 0.209 e. The van der Waals surface area contributed by atoms with Crippen LogP contribution in [0.2, 0.25) is 0 Å². The number of fused-ring (bicyclic) bond motifs is 1. The lowest BCUT2D eigenvalue weighted by Crippen LogP contribution is -2.68. The number of para-hydroxylation sites is 1. The Kier molecular flexibility index (Phi) is 6.41. The van der Waals surface area contributed by atoms with Crippen molar-refractivity contribution < 1.29 is 38.2 Å². The van der Waals surface area contributed by atoms with E-state index in [0.29, 0.717) is 0 Å². The number of hydrogen-bond donors (Lipinski definition) is 0. The monoisotopic (exact) mass is 391 g/mol. The Morgan fingerprint density at radius 1 is 0.926 bits per heavy atom. The molecule has 1 aliphatic heterocycles. The number of allylic oxidation sites excluding steroid dienone is 1. The lowest BCUT2D eigenvalue weighted by atomic mass is 9.81. The summed E-state index contributed by atoms with van der Waals surface area (Å²) in [5.74, 6) is 0.885. The molecule has 6 nitrogen and oxygen atoms in total. The summed E-state index contributed by atoms with van der Waals surface area (Å²) in [5.41, 5.74) is 5.18. The third-order valence-electron chi connectivity index (χ3n) is 4.49. The summed E-state index contributed by atoms with van der Waals surface area (Å²) in [6.45, 7) is 4.56. The minimum absolute atomic E-state index is 0.0221. The van der Waals surface area contributed by atoms with Crippen molar-refractivity contribution in [1.82, 2.24) is 0 Å². The molecule has 0 radical (unpaired) electrons. The second kappa shape index (κ2) is 8.21. The molecule has 0 saturated carbocycles. The predicted octanol–water partition coefficient (Wildman–Crippen LogP) is -0.341. The van der Waals surface area contributed by atoms with Gasteiger partial charge in [0.1, 0.15) is 12.8 Å². The largest absolute Gasteiger partial charge is 0.497 e. The Morgan fingerprint density at radius 2 is 1.48 bits per heavy atom. The van der Waals surface area contributed by atoms with E-state index in [4.69, 9.17) is 23.4 Å². The topological polar surface area (TPSA) is 104 Å². The van der Waals surface area contributed by atoms with E-state index in [1.807, 2.05) is 12.1 Å². The van der Waals surface area contributed by atoms with Gasteiger partial charge in [-0.1, -0.05) is 30.3 Å². The van der Waals surface area contributed by atoms with Gasteiger partial charge in [0.2, 0.25) is 5.69 Å². The van der Waals surface area contributed by atoms with E-state index in [-0.39, 0.29) is 5.41 Å². The van der Waals surface area contributed by atoms with Crippen molar-refractivity contribution in [1.29, 1.82) is 0 Å². The zero-order valence-corrected chi connectivity index (χ0v) is 16.4. The SMILES string of the molecule is COc1ccc(C=CC2=[N+](C)c3ccccc3C2(C)C)cc1.[O-][Cl+3]([O-])([O-])[O-]. The zero-order chi connectivity index (χ0) is 20.2. The summed E-state index contributed by atoms with van der Waals surface area (Å²) in [6.07, 6.45) is 4.39. The van der Waals surface area contributed by atoms with Crippen LogP contribution in [-0.4, -0.2) is 24.4 Å². The lowest BCUT2D eigenvalue weighted by Gasteiger charge is -2.17. The highest BCUT2D eigenvalue weighted by atomic mass is 35.7. The summed E-state index contributed by atoms with van der Waals surface area (Å²) < 4.78 is 41.5. The number of halogens is 1. The van der Waals surface area contributed by atoms with E-state index in [0.717, 1.165) is 5.75 Å². The normalized spacial score (nSPS) is 15.4. The molecule has 0 amide bonds. The summed E-state index contributed by atoms with van der Waals surface area (Å²) in [4.78, 5) is 0. The van der Waals surface area contributed by atoms with Crippen LogP contribution in [0.1, 0.15) is 25.0 Å². The number of hydrogen-bond acceptors (Lipinski definition) is 5. The molecule has 0 atom stereocenters. The molecule has 0 spiro atoms. The van der Waals surface area contributed by atoms with Gasteiger partial charge in [-0.2, -0.15) is 4.58 Å². The van der Waals surface area contributed by atoms with Gasteiger partial charge in [0.25, 0.3) is 0 Å². The first kappa shape index (κ1) is 21.1. The Labute approximate surface area is 161 Å². The fraction of sp³-hybridized carbons (Fsp3) is 0.250. The number of rotatable bonds is 3. The second-order valence-corrected chi connectivity index (χ2v) is 7.33. The van der Waals surface area contributed by atoms with Crippen LogP contribution in [0.5, 0.6) is 5.75 Å². The molecule has 2 aromatic rings. The Bertz CT molecular complexity index is 845. The van der Waals surface area contributed by atoms with Gasteiger partial charge in [0, 0.05) is 17.7 Å². The first-order chi connectivity index (χ1) is 12.5. The van der Waals surface area contributed by atoms with Crippen molar-refractivity contribution in [2.45, 2.75) is 19.3 Å². The first-order valence-electron chi connectivity index (χ1n) is 8.18. The van der Waals surface area contributed by atoms with Crippen molar-refractivity contribution in [3.8, 4) is 5.75 Å². The van der Waals surface area contributed by atoms with Gasteiger partial charge in [-0.05, 0) is 37.6 Å². The van der Waals surface area contributed by atoms with Crippen LogP contribution in [0.4, 0.5) is 5.69 Å². The zero-order valence-electron chi connectivity index (χ0n) is 15.6. The van der Waals surface area contributed by atoms with Crippen molar-refractivity contribution in [3.05, 3.63) is 65.7 Å². The fourth-order valence-corrected chi connectivity index (χ4v) is 3.19. The average molecular weight is 392 g/mol. The Morgan fingerprint density at radius 3 is 2.00 bits per heavy atom. The van der Waals surface area contributed by atoms with E-state index in [9.17, 15) is 0 Å². The van der Waals surface area contributed by atoms with Gasteiger partial charge in [-0.15, -0.1) is 10.2 Å². The molecular formula is C20H22ClNO5. The molecule has 0 bridgehead atoms. The molecule has 0 N–H and O–H groups in total. The fourth-order valence-electron chi connectivity index (χ4n) is 3.19. The van der Waals surface area contributed by atoms with E-state index in [1.165, 1.54) is 22.5 Å². The van der Waals surface area contributed by atoms with Crippen LogP contribution in [0.15, 0.2) is 54.6 Å². The van der Waals surface area contributed by atoms with Crippen LogP contribution in [0, 0.1) is 10.2 Å². The number of nitrogens with zero attached hydrogens (tertiary/aromatic N) is 1. The molecule has 2 aromatic carbocycles. The molecular weight excluding hydrogens is 370 g/mol. The summed E-state index contributed by atoms with van der Waals surface area (Å²) in [6, 6.07) is 16.7. The Balaban J connectivity index is 0.000000465. The highest BCUT2D eigenvalue weighted by Crippen LogP contribution is 2.39. The van der Waals surface area contributed by atoms with Crippen LogP contribution < -0.4 is 23.4 Å². The van der Waals surface area contributed by atoms with E-state index >= 15 is 0 Å². The maximum absolute atomic E-state index is 8.49. The second-order valence-electron chi connectivity index (χ2n) is 6.57. The Hall–Kier alpha value is -2.22. The molecule has 1 heterocycles. The van der Waals surface area contributed by atoms with Gasteiger partial charge in [0.15, 0.2) is 5.71 Å². The minimum atomic E-state index is -4.94.